The highest BCUT2D eigenvalue weighted by atomic mass is 32.2. The van der Waals surface area contributed by atoms with Crippen molar-refractivity contribution < 1.29 is 33.2 Å². The van der Waals surface area contributed by atoms with Gasteiger partial charge in [-0.3, -0.25) is 0 Å². The molecule has 36 heavy (non-hydrogen) atoms. The summed E-state index contributed by atoms with van der Waals surface area (Å²) in [6.07, 6.45) is -1.70. The molecule has 0 spiro atoms. The van der Waals surface area contributed by atoms with Crippen molar-refractivity contribution >= 4 is 11.8 Å². The zero-order chi connectivity index (χ0) is 25.6. The van der Waals surface area contributed by atoms with Crippen LogP contribution in [-0.4, -0.2) is 68.0 Å². The van der Waals surface area contributed by atoms with Crippen molar-refractivity contribution in [2.45, 2.75) is 75.4 Å². The number of rotatable bonds is 11. The van der Waals surface area contributed by atoms with Crippen LogP contribution in [0.2, 0.25) is 0 Å². The van der Waals surface area contributed by atoms with Gasteiger partial charge < -0.3 is 33.2 Å². The van der Waals surface area contributed by atoms with Gasteiger partial charge in [0.1, 0.15) is 29.9 Å². The van der Waals surface area contributed by atoms with E-state index in [0.717, 1.165) is 16.9 Å². The zero-order valence-electron chi connectivity index (χ0n) is 21.8. The minimum atomic E-state index is -1.15. The summed E-state index contributed by atoms with van der Waals surface area (Å²) < 4.78 is 44.0. The molecule has 0 radical (unpaired) electrons. The van der Waals surface area contributed by atoms with Crippen LogP contribution in [0.1, 0.15) is 31.9 Å². The molecule has 7 atom stereocenters. The second kappa shape index (κ2) is 12.4. The summed E-state index contributed by atoms with van der Waals surface area (Å²) >= 11 is 1.69. The largest absolute Gasteiger partial charge is 0.374 e. The van der Waals surface area contributed by atoms with E-state index in [0.29, 0.717) is 19.8 Å². The molecule has 0 unspecified atom stereocenters. The van der Waals surface area contributed by atoms with Gasteiger partial charge in [-0.2, -0.15) is 0 Å². The number of hydrogen-bond acceptors (Lipinski definition) is 8. The monoisotopic (exact) mass is 518 g/mol. The van der Waals surface area contributed by atoms with Gasteiger partial charge in [0.05, 0.1) is 19.8 Å². The van der Waals surface area contributed by atoms with Crippen LogP contribution in [-0.2, 0) is 46.4 Å². The lowest BCUT2D eigenvalue weighted by Gasteiger charge is -2.57. The predicted molar refractivity (Wildman–Crippen MR) is 138 cm³/mol. The van der Waals surface area contributed by atoms with Crippen LogP contribution in [0.4, 0.5) is 0 Å². The van der Waals surface area contributed by atoms with E-state index in [1.807, 2.05) is 74.5 Å². The van der Waals surface area contributed by atoms with Crippen molar-refractivity contribution in [2.24, 2.45) is 0 Å². The van der Waals surface area contributed by atoms with Crippen LogP contribution in [0.5, 0.6) is 0 Å². The molecule has 198 valence electrons. The molecule has 0 N–H and O–H groups in total. The van der Waals surface area contributed by atoms with Crippen LogP contribution in [0.25, 0.3) is 0 Å². The summed E-state index contributed by atoms with van der Waals surface area (Å²) in [6, 6.07) is 20.2. The lowest BCUT2D eigenvalue weighted by Crippen LogP contribution is -2.72. The Morgan fingerprint density at radius 2 is 1.36 bits per heavy atom. The van der Waals surface area contributed by atoms with E-state index in [1.165, 1.54) is 0 Å². The maximum Gasteiger partial charge on any atom is 0.220 e. The summed E-state index contributed by atoms with van der Waals surface area (Å²) in [5.74, 6) is -1.44. The Morgan fingerprint density at radius 1 is 0.806 bits per heavy atom. The lowest BCUT2D eigenvalue weighted by atomic mass is 9.94. The van der Waals surface area contributed by atoms with Gasteiger partial charge in [-0.1, -0.05) is 67.6 Å². The molecule has 2 aliphatic rings. The maximum atomic E-state index is 6.66. The molecule has 2 saturated heterocycles. The van der Waals surface area contributed by atoms with Crippen molar-refractivity contribution in [1.29, 1.82) is 0 Å². The molecule has 2 aromatic rings. The molecule has 0 bridgehead atoms. The molecule has 0 aromatic heterocycles. The standard InChI is InChI=1S/C28H38O7S/c1-6-36-26-25(32-18-21-15-11-8-12-16-21)24-23(34-27(2,29-4)28(3,30-5)35-24)22(33-26)19-31-17-20-13-9-7-10-14-20/h7-16,22-26H,6,17-19H2,1-5H3/t22-,23-,24+,25-,26+,27+,28+/m1/s1. The highest BCUT2D eigenvalue weighted by Crippen LogP contribution is 2.45. The first-order valence-corrected chi connectivity index (χ1v) is 13.5. The van der Waals surface area contributed by atoms with E-state index in [9.17, 15) is 0 Å². The Hall–Kier alpha value is -1.49. The molecular formula is C28H38O7S. The van der Waals surface area contributed by atoms with Gasteiger partial charge in [0.2, 0.25) is 11.6 Å². The van der Waals surface area contributed by atoms with E-state index < -0.39 is 23.8 Å². The van der Waals surface area contributed by atoms with E-state index in [-0.39, 0.29) is 17.6 Å². The number of hydrogen-bond donors (Lipinski definition) is 0. The Balaban J connectivity index is 1.57. The summed E-state index contributed by atoms with van der Waals surface area (Å²) in [4.78, 5) is 0. The van der Waals surface area contributed by atoms with Gasteiger partial charge in [0.25, 0.3) is 0 Å². The second-order valence-corrected chi connectivity index (χ2v) is 10.6. The number of thioether (sulfide) groups is 1. The van der Waals surface area contributed by atoms with Crippen molar-refractivity contribution in [3.8, 4) is 0 Å². The van der Waals surface area contributed by atoms with E-state index in [2.05, 4.69) is 6.92 Å². The first-order chi connectivity index (χ1) is 17.4. The highest BCUT2D eigenvalue weighted by Gasteiger charge is 2.62. The summed E-state index contributed by atoms with van der Waals surface area (Å²) in [6.45, 7) is 7.02. The number of fused-ring (bicyclic) bond motifs is 1. The number of methoxy groups -OCH3 is 2. The molecule has 2 aliphatic heterocycles. The van der Waals surface area contributed by atoms with Crippen LogP contribution in [0, 0.1) is 0 Å². The van der Waals surface area contributed by atoms with E-state index in [1.54, 1.807) is 26.0 Å². The molecule has 7 nitrogen and oxygen atoms in total. The fourth-order valence-corrected chi connectivity index (χ4v) is 5.57. The van der Waals surface area contributed by atoms with E-state index >= 15 is 0 Å². The summed E-state index contributed by atoms with van der Waals surface area (Å²) in [7, 11) is 3.18. The molecule has 0 saturated carbocycles. The molecular weight excluding hydrogens is 480 g/mol. The minimum Gasteiger partial charge on any atom is -0.374 e. The minimum absolute atomic E-state index is 0.262. The Labute approximate surface area is 218 Å². The Bertz CT molecular complexity index is 932. The lowest BCUT2D eigenvalue weighted by molar-refractivity contribution is -0.471. The van der Waals surface area contributed by atoms with Crippen molar-refractivity contribution in [3.05, 3.63) is 71.8 Å². The molecule has 4 rings (SSSR count). The normalized spacial score (nSPS) is 34.3. The average molecular weight is 519 g/mol. The predicted octanol–water partition coefficient (Wildman–Crippen LogP) is 4.78. The molecule has 2 heterocycles. The van der Waals surface area contributed by atoms with Crippen molar-refractivity contribution in [1.82, 2.24) is 0 Å². The molecule has 2 aromatic carbocycles. The molecule has 0 amide bonds. The van der Waals surface area contributed by atoms with Crippen LogP contribution in [0.3, 0.4) is 0 Å². The van der Waals surface area contributed by atoms with Crippen molar-refractivity contribution in [3.63, 3.8) is 0 Å². The van der Waals surface area contributed by atoms with Gasteiger partial charge in [0.15, 0.2) is 0 Å². The van der Waals surface area contributed by atoms with Gasteiger partial charge in [0, 0.05) is 14.2 Å². The summed E-state index contributed by atoms with van der Waals surface area (Å²) in [5, 5.41) is 0. The Kier molecular flexibility index (Phi) is 9.46. The van der Waals surface area contributed by atoms with Gasteiger partial charge in [-0.15, -0.1) is 11.8 Å². The van der Waals surface area contributed by atoms with Gasteiger partial charge >= 0.3 is 0 Å². The quantitative estimate of drug-likeness (QED) is 0.421. The van der Waals surface area contributed by atoms with E-state index in [4.69, 9.17) is 33.2 Å². The summed E-state index contributed by atoms with van der Waals surface area (Å²) in [5.41, 5.74) is 1.92. The third-order valence-electron chi connectivity index (χ3n) is 6.93. The van der Waals surface area contributed by atoms with Gasteiger partial charge in [-0.05, 0) is 30.7 Å². The first kappa shape index (κ1) is 27.5. The molecule has 0 aliphatic carbocycles. The van der Waals surface area contributed by atoms with Crippen LogP contribution >= 0.6 is 11.8 Å². The fraction of sp³-hybridized carbons (Fsp3) is 0.571. The van der Waals surface area contributed by atoms with Crippen LogP contribution < -0.4 is 0 Å². The molecule has 8 heteroatoms. The number of benzene rings is 2. The second-order valence-electron chi connectivity index (χ2n) is 9.22. The topological polar surface area (TPSA) is 64.6 Å². The third-order valence-corrected chi connectivity index (χ3v) is 7.97. The van der Waals surface area contributed by atoms with Gasteiger partial charge in [-0.25, -0.2) is 0 Å². The SMILES string of the molecule is CCS[C@@H]1O[C@H](COCc2ccccc2)[C@H]2O[C@](C)(OC)[C@@](C)(OC)O[C@@H]2[C@H]1OCc1ccccc1. The average Bonchev–Trinajstić information content (AvgIpc) is 2.90. The smallest absolute Gasteiger partial charge is 0.220 e. The number of ether oxygens (including phenoxy) is 7. The Morgan fingerprint density at radius 3 is 1.92 bits per heavy atom. The molecule has 2 fully saturated rings. The zero-order valence-corrected chi connectivity index (χ0v) is 22.6. The van der Waals surface area contributed by atoms with Crippen LogP contribution in [0.15, 0.2) is 60.7 Å². The highest BCUT2D eigenvalue weighted by molar-refractivity contribution is 7.99. The fourth-order valence-electron chi connectivity index (χ4n) is 4.60. The first-order valence-electron chi connectivity index (χ1n) is 12.4. The third kappa shape index (κ3) is 5.97. The van der Waals surface area contributed by atoms with Crippen molar-refractivity contribution in [2.75, 3.05) is 26.6 Å². The maximum absolute atomic E-state index is 6.66.